The van der Waals surface area contributed by atoms with Gasteiger partial charge in [0.05, 0.1) is 12.2 Å². The van der Waals surface area contributed by atoms with Crippen LogP contribution < -0.4 is 5.32 Å². The molecule has 0 aliphatic heterocycles. The maximum atomic E-state index is 12.9. The summed E-state index contributed by atoms with van der Waals surface area (Å²) in [6.07, 6.45) is 4.04. The van der Waals surface area contributed by atoms with E-state index in [0.29, 0.717) is 11.3 Å². The summed E-state index contributed by atoms with van der Waals surface area (Å²) in [4.78, 5) is 17.9. The minimum absolute atomic E-state index is 0.109. The van der Waals surface area contributed by atoms with Crippen LogP contribution in [0.4, 0.5) is 0 Å². The van der Waals surface area contributed by atoms with E-state index in [2.05, 4.69) is 47.6 Å². The number of oxazole rings is 1. The number of amides is 1. The van der Waals surface area contributed by atoms with Gasteiger partial charge in [-0.2, -0.15) is 0 Å². The number of nitrogens with zero attached hydrogens (tertiary/aromatic N) is 1. The van der Waals surface area contributed by atoms with Crippen LogP contribution in [0.5, 0.6) is 0 Å². The summed E-state index contributed by atoms with van der Waals surface area (Å²) in [5, 5.41) is 5.21. The van der Waals surface area contributed by atoms with Crippen LogP contribution in [0.1, 0.15) is 39.3 Å². The van der Waals surface area contributed by atoms with E-state index in [1.165, 1.54) is 12.0 Å². The van der Waals surface area contributed by atoms with Gasteiger partial charge < -0.3 is 9.73 Å². The highest BCUT2D eigenvalue weighted by Crippen LogP contribution is 2.27. The molecule has 2 aromatic heterocycles. The van der Waals surface area contributed by atoms with Crippen molar-refractivity contribution in [1.29, 1.82) is 0 Å². The molecule has 0 saturated carbocycles. The summed E-state index contributed by atoms with van der Waals surface area (Å²) in [5.41, 5.74) is 3.85. The first-order chi connectivity index (χ1) is 13.7. The minimum atomic E-state index is -0.174. The first kappa shape index (κ1) is 18.2. The van der Waals surface area contributed by atoms with Crippen molar-refractivity contribution in [3.8, 4) is 11.3 Å². The summed E-state index contributed by atoms with van der Waals surface area (Å²) >= 11 is 1.64. The first-order valence-corrected chi connectivity index (χ1v) is 10.0. The Balaban J connectivity index is 1.57. The van der Waals surface area contributed by atoms with Crippen LogP contribution in [0.2, 0.25) is 0 Å². The van der Waals surface area contributed by atoms with Gasteiger partial charge >= 0.3 is 0 Å². The number of hydrogen-bond acceptors (Lipinski definition) is 4. The molecule has 140 valence electrons. The second-order valence-electron chi connectivity index (χ2n) is 6.46. The van der Waals surface area contributed by atoms with E-state index in [0.717, 1.165) is 22.4 Å². The number of hydrogen-bond donors (Lipinski definition) is 1. The third-order valence-corrected chi connectivity index (χ3v) is 5.63. The van der Waals surface area contributed by atoms with E-state index in [9.17, 15) is 4.79 Å². The van der Waals surface area contributed by atoms with Gasteiger partial charge in [-0.15, -0.1) is 11.3 Å². The maximum absolute atomic E-state index is 12.9. The van der Waals surface area contributed by atoms with Crippen LogP contribution in [0.25, 0.3) is 11.3 Å². The van der Waals surface area contributed by atoms with Gasteiger partial charge in [0.2, 0.25) is 0 Å². The highest BCUT2D eigenvalue weighted by molar-refractivity contribution is 7.10. The zero-order chi connectivity index (χ0) is 19.3. The number of carbonyl (C=O) groups is 1. The molecule has 1 amide bonds. The van der Waals surface area contributed by atoms with E-state index >= 15 is 0 Å². The minimum Gasteiger partial charge on any atom is -0.444 e. The number of rotatable bonds is 6. The summed E-state index contributed by atoms with van der Waals surface area (Å²) in [6.45, 7) is 2.13. The van der Waals surface area contributed by atoms with E-state index in [-0.39, 0.29) is 11.9 Å². The lowest BCUT2D eigenvalue weighted by atomic mass is 10.0. The molecule has 0 saturated heterocycles. The Hall–Kier alpha value is -3.18. The zero-order valence-electron chi connectivity index (χ0n) is 15.5. The summed E-state index contributed by atoms with van der Waals surface area (Å²) in [7, 11) is 0. The summed E-state index contributed by atoms with van der Waals surface area (Å²) in [6, 6.07) is 19.7. The van der Waals surface area contributed by atoms with Crippen molar-refractivity contribution < 1.29 is 9.21 Å². The van der Waals surface area contributed by atoms with Gasteiger partial charge in [0.15, 0.2) is 12.2 Å². The van der Waals surface area contributed by atoms with Crippen molar-refractivity contribution in [2.24, 2.45) is 0 Å². The molecule has 2 aromatic carbocycles. The van der Waals surface area contributed by atoms with E-state index in [1.54, 1.807) is 29.7 Å². The van der Waals surface area contributed by atoms with Crippen molar-refractivity contribution in [3.05, 3.63) is 100 Å². The Kier molecular flexibility index (Phi) is 5.35. The lowest BCUT2D eigenvalue weighted by Gasteiger charge is -2.18. The van der Waals surface area contributed by atoms with Gasteiger partial charge in [-0.25, -0.2) is 4.98 Å². The number of nitrogens with one attached hydrogen (secondary N) is 1. The molecule has 1 atom stereocenters. The molecule has 4 rings (SSSR count). The molecular formula is C23H20N2O2S. The Morgan fingerprint density at radius 2 is 1.89 bits per heavy atom. The van der Waals surface area contributed by atoms with Crippen LogP contribution in [-0.4, -0.2) is 10.9 Å². The molecule has 5 heteroatoms. The van der Waals surface area contributed by atoms with Crippen molar-refractivity contribution >= 4 is 17.2 Å². The molecule has 0 spiro atoms. The highest BCUT2D eigenvalue weighted by atomic mass is 32.1. The predicted octanol–water partition coefficient (Wildman–Crippen LogP) is 5.48. The molecule has 1 N–H and O–H groups in total. The molecule has 1 unspecified atom stereocenters. The van der Waals surface area contributed by atoms with Crippen LogP contribution in [0.15, 0.2) is 83.1 Å². The number of benzene rings is 2. The monoisotopic (exact) mass is 388 g/mol. The lowest BCUT2D eigenvalue weighted by molar-refractivity contribution is 0.0943. The fraction of sp³-hybridized carbons (Fsp3) is 0.130. The van der Waals surface area contributed by atoms with Crippen LogP contribution in [-0.2, 0) is 6.42 Å². The smallest absolute Gasteiger partial charge is 0.252 e. The first-order valence-electron chi connectivity index (χ1n) is 9.16. The normalized spacial score (nSPS) is 11.9. The zero-order valence-corrected chi connectivity index (χ0v) is 16.3. The standard InChI is InChI=1S/C23H20N2O2S/c1-2-16-5-7-18(8-6-16)22(21-4-3-13-28-21)25-23(26)19-11-9-17(10-12-19)20-14-24-15-27-20/h3-15,22H,2H2,1H3,(H,25,26). The Bertz CT molecular complexity index is 1020. The Morgan fingerprint density at radius 3 is 2.50 bits per heavy atom. The second-order valence-corrected chi connectivity index (χ2v) is 7.44. The quantitative estimate of drug-likeness (QED) is 0.475. The third kappa shape index (κ3) is 3.89. The van der Waals surface area contributed by atoms with Gasteiger partial charge in [-0.05, 0) is 41.1 Å². The largest absolute Gasteiger partial charge is 0.444 e. The van der Waals surface area contributed by atoms with Gasteiger partial charge in [0.25, 0.3) is 5.91 Å². The molecule has 0 aliphatic rings. The molecule has 4 aromatic rings. The van der Waals surface area contributed by atoms with Gasteiger partial charge in [-0.3, -0.25) is 4.79 Å². The molecule has 28 heavy (non-hydrogen) atoms. The lowest BCUT2D eigenvalue weighted by Crippen LogP contribution is -2.28. The summed E-state index contributed by atoms with van der Waals surface area (Å²) in [5.74, 6) is 0.571. The van der Waals surface area contributed by atoms with Gasteiger partial charge in [0.1, 0.15) is 0 Å². The molecule has 0 radical (unpaired) electrons. The van der Waals surface area contributed by atoms with Gasteiger partial charge in [0, 0.05) is 16.0 Å². The van der Waals surface area contributed by atoms with E-state index in [4.69, 9.17) is 4.42 Å². The number of aromatic nitrogens is 1. The van der Waals surface area contributed by atoms with Gasteiger partial charge in [-0.1, -0.05) is 49.4 Å². The molecule has 0 fully saturated rings. The highest BCUT2D eigenvalue weighted by Gasteiger charge is 2.19. The Morgan fingerprint density at radius 1 is 1.11 bits per heavy atom. The molecular weight excluding hydrogens is 368 g/mol. The molecule has 0 aliphatic carbocycles. The van der Waals surface area contributed by atoms with Crippen LogP contribution >= 0.6 is 11.3 Å². The average Bonchev–Trinajstić information content (AvgIpc) is 3.46. The fourth-order valence-electron chi connectivity index (χ4n) is 3.08. The number of aryl methyl sites for hydroxylation is 1. The molecule has 4 nitrogen and oxygen atoms in total. The third-order valence-electron chi connectivity index (χ3n) is 4.69. The maximum Gasteiger partial charge on any atom is 0.252 e. The topological polar surface area (TPSA) is 55.1 Å². The molecule has 0 bridgehead atoms. The fourth-order valence-corrected chi connectivity index (χ4v) is 3.88. The van der Waals surface area contributed by atoms with Crippen molar-refractivity contribution in [2.75, 3.05) is 0 Å². The second kappa shape index (κ2) is 8.23. The SMILES string of the molecule is CCc1ccc(C(NC(=O)c2ccc(-c3cnco3)cc2)c2cccs2)cc1. The number of thiophene rings is 1. The van der Waals surface area contributed by atoms with Crippen molar-refractivity contribution in [1.82, 2.24) is 10.3 Å². The van der Waals surface area contributed by atoms with E-state index < -0.39 is 0 Å². The van der Waals surface area contributed by atoms with Crippen molar-refractivity contribution in [3.63, 3.8) is 0 Å². The average molecular weight is 388 g/mol. The van der Waals surface area contributed by atoms with Crippen LogP contribution in [0, 0.1) is 0 Å². The Labute approximate surface area is 167 Å². The predicted molar refractivity (Wildman–Crippen MR) is 111 cm³/mol. The summed E-state index contributed by atoms with van der Waals surface area (Å²) < 4.78 is 5.30. The number of carbonyl (C=O) groups excluding carboxylic acids is 1. The van der Waals surface area contributed by atoms with Crippen LogP contribution in [0.3, 0.4) is 0 Å². The van der Waals surface area contributed by atoms with Crippen molar-refractivity contribution in [2.45, 2.75) is 19.4 Å². The molecule has 2 heterocycles. The van der Waals surface area contributed by atoms with E-state index in [1.807, 2.05) is 23.6 Å².